The number of piperidine rings is 1. The molecule has 2 aromatic heterocycles. The van der Waals surface area contributed by atoms with Gasteiger partial charge in [-0.1, -0.05) is 31.5 Å². The van der Waals surface area contributed by atoms with Crippen LogP contribution < -0.4 is 10.1 Å². The molecule has 7 nitrogen and oxygen atoms in total. The molecule has 33 heavy (non-hydrogen) atoms. The lowest BCUT2D eigenvalue weighted by Crippen LogP contribution is -2.45. The standard InChI is InChI=1S/C26H32N4O3/c1-3-4-13-27-25(31)20-10-8-15-30(16-20)26(32)22-11-5-6-12-23(22)33-18-21-17-29-14-7-9-19(2)24(29)28-21/h5-7,9,11-12,14,17,20H,3-4,8,10,13,15-16,18H2,1-2H3,(H,27,31). The van der Waals surface area contributed by atoms with Crippen molar-refractivity contribution in [2.75, 3.05) is 19.6 Å². The van der Waals surface area contributed by atoms with Gasteiger partial charge in [0.15, 0.2) is 0 Å². The summed E-state index contributed by atoms with van der Waals surface area (Å²) < 4.78 is 8.02. The second kappa shape index (κ2) is 10.5. The number of ether oxygens (including phenoxy) is 1. The number of aryl methyl sites for hydroxylation is 1. The molecule has 1 aromatic carbocycles. The van der Waals surface area contributed by atoms with Gasteiger partial charge in [0.05, 0.1) is 17.2 Å². The molecule has 3 aromatic rings. The Bertz CT molecular complexity index is 1120. The lowest BCUT2D eigenvalue weighted by atomic mass is 9.96. The first kappa shape index (κ1) is 22.8. The van der Waals surface area contributed by atoms with Crippen LogP contribution in [0.4, 0.5) is 0 Å². The summed E-state index contributed by atoms with van der Waals surface area (Å²) in [5.74, 6) is 0.328. The Morgan fingerprint density at radius 1 is 1.21 bits per heavy atom. The van der Waals surface area contributed by atoms with E-state index in [0.29, 0.717) is 30.9 Å². The molecule has 1 aliphatic rings. The number of pyridine rings is 1. The Hall–Kier alpha value is -3.35. The number of nitrogens with one attached hydrogen (secondary N) is 1. The molecule has 4 rings (SSSR count). The van der Waals surface area contributed by atoms with E-state index >= 15 is 0 Å². The number of carbonyl (C=O) groups excluding carboxylic acids is 2. The monoisotopic (exact) mass is 448 g/mol. The van der Waals surface area contributed by atoms with Crippen LogP contribution in [-0.4, -0.2) is 45.7 Å². The second-order valence-electron chi connectivity index (χ2n) is 8.67. The maximum atomic E-state index is 13.3. The highest BCUT2D eigenvalue weighted by atomic mass is 16.5. The zero-order valence-electron chi connectivity index (χ0n) is 19.4. The van der Waals surface area contributed by atoms with Gasteiger partial charge in [0, 0.05) is 32.0 Å². The molecular formula is C26H32N4O3. The summed E-state index contributed by atoms with van der Waals surface area (Å²) >= 11 is 0. The molecule has 1 fully saturated rings. The number of aromatic nitrogens is 2. The second-order valence-corrected chi connectivity index (χ2v) is 8.67. The molecule has 0 saturated carbocycles. The molecule has 1 saturated heterocycles. The lowest BCUT2D eigenvalue weighted by Gasteiger charge is -2.32. The summed E-state index contributed by atoms with van der Waals surface area (Å²) in [5.41, 5.74) is 3.31. The molecule has 1 N–H and O–H groups in total. The molecular weight excluding hydrogens is 416 g/mol. The van der Waals surface area contributed by atoms with Crippen molar-refractivity contribution in [1.29, 1.82) is 0 Å². The topological polar surface area (TPSA) is 75.9 Å². The van der Waals surface area contributed by atoms with Crippen LogP contribution in [0.1, 0.15) is 54.2 Å². The van der Waals surface area contributed by atoms with Crippen molar-refractivity contribution in [3.8, 4) is 5.75 Å². The average molecular weight is 449 g/mol. The van der Waals surface area contributed by atoms with E-state index in [1.54, 1.807) is 11.0 Å². The fourth-order valence-electron chi connectivity index (χ4n) is 4.27. The van der Waals surface area contributed by atoms with Crippen molar-refractivity contribution in [2.24, 2.45) is 5.92 Å². The first-order valence-electron chi connectivity index (χ1n) is 11.8. The summed E-state index contributed by atoms with van der Waals surface area (Å²) in [6.45, 7) is 6.18. The Kier molecular flexibility index (Phi) is 7.27. The third kappa shape index (κ3) is 5.35. The number of nitrogens with zero attached hydrogens (tertiary/aromatic N) is 3. The number of unbranched alkanes of at least 4 members (excludes halogenated alkanes) is 1. The third-order valence-electron chi connectivity index (χ3n) is 6.13. The highest BCUT2D eigenvalue weighted by molar-refractivity contribution is 5.97. The molecule has 0 aliphatic carbocycles. The molecule has 0 bridgehead atoms. The zero-order chi connectivity index (χ0) is 23.2. The van der Waals surface area contributed by atoms with Gasteiger partial charge in [-0.05, 0) is 49.9 Å². The van der Waals surface area contributed by atoms with E-state index in [4.69, 9.17) is 4.74 Å². The molecule has 7 heteroatoms. The van der Waals surface area contributed by atoms with Gasteiger partial charge < -0.3 is 19.4 Å². The van der Waals surface area contributed by atoms with Gasteiger partial charge in [-0.2, -0.15) is 0 Å². The summed E-state index contributed by atoms with van der Waals surface area (Å²) in [5, 5.41) is 3.01. The number of rotatable bonds is 8. The van der Waals surface area contributed by atoms with Crippen molar-refractivity contribution in [3.63, 3.8) is 0 Å². The van der Waals surface area contributed by atoms with Gasteiger partial charge in [-0.15, -0.1) is 0 Å². The number of benzene rings is 1. The smallest absolute Gasteiger partial charge is 0.257 e. The molecule has 0 spiro atoms. The first-order chi connectivity index (χ1) is 16.1. The van der Waals surface area contributed by atoms with E-state index in [9.17, 15) is 9.59 Å². The highest BCUT2D eigenvalue weighted by Gasteiger charge is 2.29. The average Bonchev–Trinajstić information content (AvgIpc) is 3.27. The lowest BCUT2D eigenvalue weighted by molar-refractivity contribution is -0.126. The van der Waals surface area contributed by atoms with E-state index in [0.717, 1.165) is 42.6 Å². The number of fused-ring (bicyclic) bond motifs is 1. The molecule has 1 atom stereocenters. The van der Waals surface area contributed by atoms with E-state index in [2.05, 4.69) is 17.2 Å². The minimum Gasteiger partial charge on any atom is -0.486 e. The van der Waals surface area contributed by atoms with Gasteiger partial charge in [-0.25, -0.2) is 4.98 Å². The van der Waals surface area contributed by atoms with Crippen LogP contribution in [0.3, 0.4) is 0 Å². The van der Waals surface area contributed by atoms with Gasteiger partial charge in [0.1, 0.15) is 18.0 Å². The molecule has 1 unspecified atom stereocenters. The predicted molar refractivity (Wildman–Crippen MR) is 127 cm³/mol. The van der Waals surface area contributed by atoms with E-state index < -0.39 is 0 Å². The van der Waals surface area contributed by atoms with Crippen LogP contribution >= 0.6 is 0 Å². The van der Waals surface area contributed by atoms with Crippen LogP contribution in [0, 0.1) is 12.8 Å². The zero-order valence-corrected chi connectivity index (χ0v) is 19.4. The van der Waals surface area contributed by atoms with Crippen molar-refractivity contribution in [3.05, 3.63) is 65.6 Å². The third-order valence-corrected chi connectivity index (χ3v) is 6.13. The molecule has 0 radical (unpaired) electrons. The number of amides is 2. The SMILES string of the molecule is CCCCNC(=O)C1CCCN(C(=O)c2ccccc2OCc2cn3cccc(C)c3n2)C1. The predicted octanol–water partition coefficient (Wildman–Crippen LogP) is 3.99. The first-order valence-corrected chi connectivity index (χ1v) is 11.8. The molecule has 174 valence electrons. The fourth-order valence-corrected chi connectivity index (χ4v) is 4.27. The van der Waals surface area contributed by atoms with Crippen LogP contribution in [0.15, 0.2) is 48.8 Å². The van der Waals surface area contributed by atoms with Crippen LogP contribution in [0.25, 0.3) is 5.65 Å². The van der Waals surface area contributed by atoms with Gasteiger partial charge in [0.2, 0.25) is 5.91 Å². The van der Waals surface area contributed by atoms with Crippen LogP contribution in [-0.2, 0) is 11.4 Å². The number of para-hydroxylation sites is 1. The Morgan fingerprint density at radius 3 is 2.88 bits per heavy atom. The van der Waals surface area contributed by atoms with E-state index in [1.807, 2.05) is 54.0 Å². The summed E-state index contributed by atoms with van der Waals surface area (Å²) in [6.07, 6.45) is 7.55. The van der Waals surface area contributed by atoms with Gasteiger partial charge in [0.25, 0.3) is 5.91 Å². The molecule has 3 heterocycles. The number of carbonyl (C=O) groups is 2. The summed E-state index contributed by atoms with van der Waals surface area (Å²) in [7, 11) is 0. The van der Waals surface area contributed by atoms with Crippen LogP contribution in [0.2, 0.25) is 0 Å². The number of hydrogen-bond donors (Lipinski definition) is 1. The summed E-state index contributed by atoms with van der Waals surface area (Å²) in [6, 6.07) is 11.3. The van der Waals surface area contributed by atoms with Crippen molar-refractivity contribution < 1.29 is 14.3 Å². The largest absolute Gasteiger partial charge is 0.486 e. The molecule has 2 amide bonds. The minimum absolute atomic E-state index is 0.0487. The molecule has 1 aliphatic heterocycles. The Balaban J connectivity index is 1.43. The minimum atomic E-state index is -0.158. The van der Waals surface area contributed by atoms with E-state index in [-0.39, 0.29) is 24.3 Å². The van der Waals surface area contributed by atoms with Gasteiger partial charge >= 0.3 is 0 Å². The Labute approximate surface area is 194 Å². The maximum absolute atomic E-state index is 13.3. The fraction of sp³-hybridized carbons (Fsp3) is 0.423. The quantitative estimate of drug-likeness (QED) is 0.529. The maximum Gasteiger partial charge on any atom is 0.257 e. The number of hydrogen-bond acceptors (Lipinski definition) is 4. The van der Waals surface area contributed by atoms with Crippen molar-refractivity contribution in [1.82, 2.24) is 19.6 Å². The van der Waals surface area contributed by atoms with Crippen LogP contribution in [0.5, 0.6) is 5.75 Å². The van der Waals surface area contributed by atoms with E-state index in [1.165, 1.54) is 0 Å². The van der Waals surface area contributed by atoms with Gasteiger partial charge in [-0.3, -0.25) is 9.59 Å². The summed E-state index contributed by atoms with van der Waals surface area (Å²) in [4.78, 5) is 32.3. The highest BCUT2D eigenvalue weighted by Crippen LogP contribution is 2.25. The normalized spacial score (nSPS) is 16.1. The Morgan fingerprint density at radius 2 is 2.06 bits per heavy atom. The number of likely N-dealkylation sites (tertiary alicyclic amines) is 1. The van der Waals surface area contributed by atoms with Crippen molar-refractivity contribution >= 4 is 17.5 Å². The number of imidazole rings is 1. The van der Waals surface area contributed by atoms with Crippen molar-refractivity contribution in [2.45, 2.75) is 46.1 Å².